The van der Waals surface area contributed by atoms with Crippen molar-refractivity contribution in [2.75, 3.05) is 18.4 Å². The molecule has 4 heterocycles. The number of anilines is 1. The molecular formula is C19H20N6. The molecule has 0 aromatic carbocycles. The monoisotopic (exact) mass is 332 g/mol. The highest BCUT2D eigenvalue weighted by molar-refractivity contribution is 5.66. The first kappa shape index (κ1) is 15.7. The lowest BCUT2D eigenvalue weighted by molar-refractivity contribution is 0.479. The van der Waals surface area contributed by atoms with Gasteiger partial charge < -0.3 is 10.6 Å². The molecule has 1 aliphatic heterocycles. The molecule has 1 atom stereocenters. The summed E-state index contributed by atoms with van der Waals surface area (Å²) in [4.78, 5) is 17.8. The van der Waals surface area contributed by atoms with E-state index in [9.17, 15) is 0 Å². The van der Waals surface area contributed by atoms with E-state index in [1.807, 2.05) is 36.5 Å². The molecule has 1 unspecified atom stereocenters. The van der Waals surface area contributed by atoms with Gasteiger partial charge in [0.05, 0.1) is 5.69 Å². The summed E-state index contributed by atoms with van der Waals surface area (Å²) in [6.45, 7) is 2.04. The van der Waals surface area contributed by atoms with Crippen LogP contribution < -0.4 is 10.6 Å². The van der Waals surface area contributed by atoms with Crippen LogP contribution in [0.15, 0.2) is 55.1 Å². The molecule has 6 nitrogen and oxygen atoms in total. The van der Waals surface area contributed by atoms with Crippen LogP contribution in [0.3, 0.4) is 0 Å². The van der Waals surface area contributed by atoms with Crippen LogP contribution in [0.25, 0.3) is 22.6 Å². The second-order valence-corrected chi connectivity index (χ2v) is 6.13. The zero-order chi connectivity index (χ0) is 16.9. The smallest absolute Gasteiger partial charge is 0.163 e. The third-order valence-corrected chi connectivity index (χ3v) is 4.25. The van der Waals surface area contributed by atoms with E-state index < -0.39 is 0 Å². The molecule has 0 spiro atoms. The van der Waals surface area contributed by atoms with E-state index in [4.69, 9.17) is 9.97 Å². The molecule has 0 bridgehead atoms. The van der Waals surface area contributed by atoms with Gasteiger partial charge in [0.15, 0.2) is 5.82 Å². The zero-order valence-electron chi connectivity index (χ0n) is 13.9. The zero-order valence-corrected chi connectivity index (χ0v) is 13.9. The van der Waals surface area contributed by atoms with Gasteiger partial charge >= 0.3 is 0 Å². The lowest BCUT2D eigenvalue weighted by Crippen LogP contribution is -2.38. The summed E-state index contributed by atoms with van der Waals surface area (Å²) in [5.74, 6) is 1.50. The van der Waals surface area contributed by atoms with Gasteiger partial charge in [0.1, 0.15) is 5.82 Å². The van der Waals surface area contributed by atoms with E-state index in [2.05, 4.69) is 20.6 Å². The molecule has 0 amide bonds. The van der Waals surface area contributed by atoms with Gasteiger partial charge in [0, 0.05) is 54.6 Å². The fourth-order valence-corrected chi connectivity index (χ4v) is 2.99. The highest BCUT2D eigenvalue weighted by atomic mass is 15.1. The van der Waals surface area contributed by atoms with Gasteiger partial charge in [-0.15, -0.1) is 0 Å². The van der Waals surface area contributed by atoms with E-state index in [-0.39, 0.29) is 0 Å². The average molecular weight is 332 g/mol. The van der Waals surface area contributed by atoms with Crippen LogP contribution in [-0.2, 0) is 0 Å². The maximum absolute atomic E-state index is 4.72. The average Bonchev–Trinajstić information content (AvgIpc) is 2.70. The number of aromatic nitrogens is 4. The van der Waals surface area contributed by atoms with Gasteiger partial charge in [-0.3, -0.25) is 9.97 Å². The van der Waals surface area contributed by atoms with Crippen molar-refractivity contribution in [3.05, 3.63) is 55.1 Å². The van der Waals surface area contributed by atoms with Crippen LogP contribution >= 0.6 is 0 Å². The minimum Gasteiger partial charge on any atom is -0.366 e. The Labute approximate surface area is 146 Å². The van der Waals surface area contributed by atoms with E-state index in [0.29, 0.717) is 11.9 Å². The molecule has 1 saturated heterocycles. The van der Waals surface area contributed by atoms with Crippen molar-refractivity contribution in [3.8, 4) is 22.6 Å². The first-order valence-corrected chi connectivity index (χ1v) is 8.55. The topological polar surface area (TPSA) is 75.6 Å². The molecular weight excluding hydrogens is 312 g/mol. The Bertz CT molecular complexity index is 758. The van der Waals surface area contributed by atoms with Crippen molar-refractivity contribution in [1.82, 2.24) is 25.3 Å². The molecule has 3 aromatic rings. The third-order valence-electron chi connectivity index (χ3n) is 4.25. The van der Waals surface area contributed by atoms with Crippen molar-refractivity contribution in [1.29, 1.82) is 0 Å². The normalized spacial score (nSPS) is 17.2. The molecule has 2 N–H and O–H groups in total. The molecule has 126 valence electrons. The lowest BCUT2D eigenvalue weighted by Gasteiger charge is -2.24. The fraction of sp³-hybridized carbons (Fsp3) is 0.263. The van der Waals surface area contributed by atoms with Gasteiger partial charge in [-0.2, -0.15) is 0 Å². The minimum absolute atomic E-state index is 0.382. The minimum atomic E-state index is 0.382. The number of rotatable bonds is 4. The number of hydrogen-bond acceptors (Lipinski definition) is 6. The third kappa shape index (κ3) is 3.80. The van der Waals surface area contributed by atoms with Gasteiger partial charge in [-0.1, -0.05) is 0 Å². The predicted molar refractivity (Wildman–Crippen MR) is 98.0 cm³/mol. The van der Waals surface area contributed by atoms with Gasteiger partial charge in [0.25, 0.3) is 0 Å². The largest absolute Gasteiger partial charge is 0.366 e. The van der Waals surface area contributed by atoms with Crippen molar-refractivity contribution < 1.29 is 0 Å². The number of hydrogen-bond donors (Lipinski definition) is 2. The molecule has 3 aromatic heterocycles. The lowest BCUT2D eigenvalue weighted by atomic mass is 10.1. The summed E-state index contributed by atoms with van der Waals surface area (Å²) in [5.41, 5.74) is 2.73. The Balaban J connectivity index is 1.72. The van der Waals surface area contributed by atoms with Crippen molar-refractivity contribution in [2.45, 2.75) is 18.9 Å². The summed E-state index contributed by atoms with van der Waals surface area (Å²) in [5, 5.41) is 6.97. The fourth-order valence-electron chi connectivity index (χ4n) is 2.99. The van der Waals surface area contributed by atoms with Crippen LogP contribution in [0.4, 0.5) is 5.82 Å². The van der Waals surface area contributed by atoms with Gasteiger partial charge in [-0.25, -0.2) is 9.97 Å². The molecule has 1 aliphatic rings. The Morgan fingerprint density at radius 2 is 1.80 bits per heavy atom. The molecule has 0 saturated carbocycles. The predicted octanol–water partition coefficient (Wildman–Crippen LogP) is 2.76. The Morgan fingerprint density at radius 1 is 1.00 bits per heavy atom. The summed E-state index contributed by atoms with van der Waals surface area (Å²) < 4.78 is 0. The molecule has 1 fully saturated rings. The van der Waals surface area contributed by atoms with Crippen LogP contribution in [-0.4, -0.2) is 39.1 Å². The molecule has 0 aliphatic carbocycles. The summed E-state index contributed by atoms with van der Waals surface area (Å²) in [6.07, 6.45) is 9.44. The number of nitrogens with one attached hydrogen (secondary N) is 2. The Morgan fingerprint density at radius 3 is 2.48 bits per heavy atom. The first-order valence-electron chi connectivity index (χ1n) is 8.55. The quantitative estimate of drug-likeness (QED) is 0.765. The van der Waals surface area contributed by atoms with Gasteiger partial charge in [-0.05, 0) is 43.7 Å². The standard InChI is InChI=1S/C19H20N6/c1-4-14(11-20-7-1)17-10-18(23-16-6-3-9-22-13-16)25-19(24-17)15-5-2-8-21-12-15/h1-2,4-5,7-8,10-12,16,22H,3,6,9,13H2,(H,23,24,25). The van der Waals surface area contributed by atoms with Crippen molar-refractivity contribution in [2.24, 2.45) is 0 Å². The summed E-state index contributed by atoms with van der Waals surface area (Å²) >= 11 is 0. The number of nitrogens with zero attached hydrogens (tertiary/aromatic N) is 4. The van der Waals surface area contributed by atoms with E-state index in [0.717, 1.165) is 42.1 Å². The van der Waals surface area contributed by atoms with Crippen LogP contribution in [0.5, 0.6) is 0 Å². The SMILES string of the molecule is c1cncc(-c2cc(NC3CCCNC3)nc(-c3cccnc3)n2)c1. The second kappa shape index (κ2) is 7.36. The number of piperidine rings is 1. The maximum Gasteiger partial charge on any atom is 0.163 e. The Hall–Kier alpha value is -2.86. The van der Waals surface area contributed by atoms with Crippen LogP contribution in [0.1, 0.15) is 12.8 Å². The van der Waals surface area contributed by atoms with E-state index in [1.165, 1.54) is 6.42 Å². The number of pyridine rings is 2. The Kier molecular flexibility index (Phi) is 4.61. The highest BCUT2D eigenvalue weighted by Gasteiger charge is 2.15. The van der Waals surface area contributed by atoms with E-state index in [1.54, 1.807) is 18.6 Å². The molecule has 6 heteroatoms. The first-order chi connectivity index (χ1) is 12.4. The molecule has 0 radical (unpaired) electrons. The summed E-state index contributed by atoms with van der Waals surface area (Å²) in [7, 11) is 0. The summed E-state index contributed by atoms with van der Waals surface area (Å²) in [6, 6.07) is 10.2. The van der Waals surface area contributed by atoms with Crippen LogP contribution in [0, 0.1) is 0 Å². The van der Waals surface area contributed by atoms with Crippen molar-refractivity contribution >= 4 is 5.82 Å². The maximum atomic E-state index is 4.72. The molecule has 4 rings (SSSR count). The highest BCUT2D eigenvalue weighted by Crippen LogP contribution is 2.24. The second-order valence-electron chi connectivity index (χ2n) is 6.13. The van der Waals surface area contributed by atoms with Gasteiger partial charge in [0.2, 0.25) is 0 Å². The van der Waals surface area contributed by atoms with Crippen LogP contribution in [0.2, 0.25) is 0 Å². The van der Waals surface area contributed by atoms with E-state index >= 15 is 0 Å². The molecule has 25 heavy (non-hydrogen) atoms. The van der Waals surface area contributed by atoms with Crippen molar-refractivity contribution in [3.63, 3.8) is 0 Å².